The molecule has 2 rings (SSSR count). The Hall–Kier alpha value is -1.23. The zero-order valence-electron chi connectivity index (χ0n) is 13.0. The lowest BCUT2D eigenvalue weighted by molar-refractivity contribution is -0.173. The van der Waals surface area contributed by atoms with Crippen molar-refractivity contribution in [1.29, 1.82) is 0 Å². The summed E-state index contributed by atoms with van der Waals surface area (Å²) in [4.78, 5) is 36.7. The molecule has 0 saturated heterocycles. The molecule has 0 radical (unpaired) electrons. The monoisotopic (exact) mass is 296 g/mol. The number of fused-ring (bicyclic) bond motifs is 1. The fourth-order valence-electron chi connectivity index (χ4n) is 4.30. The van der Waals surface area contributed by atoms with Crippen LogP contribution in [0, 0.1) is 16.7 Å². The van der Waals surface area contributed by atoms with E-state index in [0.29, 0.717) is 19.3 Å². The van der Waals surface area contributed by atoms with E-state index in [9.17, 15) is 19.5 Å². The smallest absolute Gasteiger partial charge is 0.306 e. The Morgan fingerprint density at radius 2 is 1.95 bits per heavy atom. The summed E-state index contributed by atoms with van der Waals surface area (Å²) >= 11 is 0. The number of ether oxygens (including phenoxy) is 1. The fraction of sp³-hybridized carbons (Fsp3) is 0.812. The van der Waals surface area contributed by atoms with E-state index < -0.39 is 28.8 Å². The lowest BCUT2D eigenvalue weighted by Crippen LogP contribution is -2.59. The van der Waals surface area contributed by atoms with Gasteiger partial charge in [-0.3, -0.25) is 14.4 Å². The van der Waals surface area contributed by atoms with Crippen molar-refractivity contribution < 1.29 is 24.2 Å². The number of rotatable bonds is 3. The SMILES string of the molecule is CCOC(=O)C[C@@]1(C)C(=O)CC[C@@]2(C)C(=O)CC[C@H](O)[C@@H]21. The molecule has 0 aromatic rings. The van der Waals surface area contributed by atoms with Crippen LogP contribution in [0.25, 0.3) is 0 Å². The topological polar surface area (TPSA) is 80.7 Å². The molecule has 0 heterocycles. The van der Waals surface area contributed by atoms with Crippen molar-refractivity contribution in [2.75, 3.05) is 6.61 Å². The van der Waals surface area contributed by atoms with Crippen molar-refractivity contribution in [2.45, 2.75) is 59.0 Å². The summed E-state index contributed by atoms with van der Waals surface area (Å²) in [5, 5.41) is 10.4. The van der Waals surface area contributed by atoms with Gasteiger partial charge >= 0.3 is 5.97 Å². The Labute approximate surface area is 125 Å². The van der Waals surface area contributed by atoms with Gasteiger partial charge < -0.3 is 9.84 Å². The van der Waals surface area contributed by atoms with E-state index in [4.69, 9.17) is 4.74 Å². The molecule has 2 saturated carbocycles. The molecule has 5 nitrogen and oxygen atoms in total. The van der Waals surface area contributed by atoms with Gasteiger partial charge in [0.05, 0.1) is 19.1 Å². The van der Waals surface area contributed by atoms with Gasteiger partial charge in [0.15, 0.2) is 0 Å². The molecule has 0 aliphatic heterocycles. The maximum absolute atomic E-state index is 12.5. The average molecular weight is 296 g/mol. The number of Topliss-reactive ketones (excluding diaryl/α,β-unsaturated/α-hetero) is 2. The van der Waals surface area contributed by atoms with Crippen LogP contribution in [0.1, 0.15) is 52.9 Å². The Bertz CT molecular complexity index is 471. The van der Waals surface area contributed by atoms with E-state index in [1.54, 1.807) is 13.8 Å². The number of hydrogen-bond acceptors (Lipinski definition) is 5. The Balaban J connectivity index is 2.38. The van der Waals surface area contributed by atoms with Gasteiger partial charge in [-0.25, -0.2) is 0 Å². The van der Waals surface area contributed by atoms with Crippen LogP contribution >= 0.6 is 0 Å². The molecule has 21 heavy (non-hydrogen) atoms. The predicted molar refractivity (Wildman–Crippen MR) is 75.4 cm³/mol. The van der Waals surface area contributed by atoms with E-state index in [1.807, 2.05) is 6.92 Å². The van der Waals surface area contributed by atoms with Crippen molar-refractivity contribution in [3.8, 4) is 0 Å². The number of hydrogen-bond donors (Lipinski definition) is 1. The van der Waals surface area contributed by atoms with Gasteiger partial charge in [0.1, 0.15) is 11.6 Å². The van der Waals surface area contributed by atoms with Gasteiger partial charge in [-0.15, -0.1) is 0 Å². The second-order valence-electron chi connectivity index (χ2n) is 6.75. The van der Waals surface area contributed by atoms with E-state index in [2.05, 4.69) is 0 Å². The molecule has 0 amide bonds. The largest absolute Gasteiger partial charge is 0.466 e. The van der Waals surface area contributed by atoms with Crippen molar-refractivity contribution >= 4 is 17.5 Å². The van der Waals surface area contributed by atoms with Crippen molar-refractivity contribution in [1.82, 2.24) is 0 Å². The average Bonchev–Trinajstić information content (AvgIpc) is 2.39. The van der Waals surface area contributed by atoms with E-state index in [0.717, 1.165) is 0 Å². The number of aliphatic hydroxyl groups is 1. The molecule has 1 N–H and O–H groups in total. The molecule has 0 aromatic carbocycles. The summed E-state index contributed by atoms with van der Waals surface area (Å²) < 4.78 is 4.98. The zero-order valence-corrected chi connectivity index (χ0v) is 13.0. The number of ketones is 2. The highest BCUT2D eigenvalue weighted by molar-refractivity contribution is 5.94. The van der Waals surface area contributed by atoms with Gasteiger partial charge in [0.2, 0.25) is 0 Å². The van der Waals surface area contributed by atoms with Crippen LogP contribution in [0.15, 0.2) is 0 Å². The highest BCUT2D eigenvalue weighted by Crippen LogP contribution is 2.56. The molecule has 5 heteroatoms. The summed E-state index contributed by atoms with van der Waals surface area (Å²) in [5.41, 5.74) is -1.73. The highest BCUT2D eigenvalue weighted by Gasteiger charge is 2.61. The summed E-state index contributed by atoms with van der Waals surface area (Å²) in [6, 6.07) is 0. The molecule has 0 spiro atoms. The van der Waals surface area contributed by atoms with Crippen LogP contribution in [0.2, 0.25) is 0 Å². The standard InChI is InChI=1S/C16H24O5/c1-4-21-13(20)9-16(3)12(19)7-8-15(2)11(18)6-5-10(17)14(15)16/h10,14,17H,4-9H2,1-3H3/t10-,14-,15-,16-/m0/s1. The minimum absolute atomic E-state index is 0.0493. The fourth-order valence-corrected chi connectivity index (χ4v) is 4.30. The van der Waals surface area contributed by atoms with Crippen molar-refractivity contribution in [3.63, 3.8) is 0 Å². The molecule has 0 aromatic heterocycles. The number of esters is 1. The molecule has 0 unspecified atom stereocenters. The summed E-state index contributed by atoms with van der Waals surface area (Å²) in [7, 11) is 0. The zero-order chi connectivity index (χ0) is 15.8. The van der Waals surface area contributed by atoms with E-state index in [1.165, 1.54) is 0 Å². The molecular weight excluding hydrogens is 272 g/mol. The minimum atomic E-state index is -1.02. The Morgan fingerprint density at radius 3 is 2.57 bits per heavy atom. The van der Waals surface area contributed by atoms with E-state index >= 15 is 0 Å². The summed E-state index contributed by atoms with van der Waals surface area (Å²) in [6.07, 6.45) is 0.662. The normalized spacial score (nSPS) is 39.8. The lowest BCUT2D eigenvalue weighted by atomic mass is 9.48. The number of aliphatic hydroxyl groups excluding tert-OH is 1. The minimum Gasteiger partial charge on any atom is -0.466 e. The predicted octanol–water partition coefficient (Wildman–Crippen LogP) is 1.66. The number of carbonyl (C=O) groups excluding carboxylic acids is 3. The first-order chi connectivity index (χ1) is 9.75. The first-order valence-electron chi connectivity index (χ1n) is 7.66. The quantitative estimate of drug-likeness (QED) is 0.801. The molecule has 2 aliphatic rings. The van der Waals surface area contributed by atoms with Gasteiger partial charge in [0, 0.05) is 29.6 Å². The molecule has 2 aliphatic carbocycles. The molecule has 0 bridgehead atoms. The van der Waals surface area contributed by atoms with Crippen LogP contribution < -0.4 is 0 Å². The first-order valence-corrected chi connectivity index (χ1v) is 7.66. The number of carbonyl (C=O) groups is 3. The van der Waals surface area contributed by atoms with Gasteiger partial charge in [-0.05, 0) is 19.8 Å². The Kier molecular flexibility index (Phi) is 4.24. The molecule has 2 fully saturated rings. The Morgan fingerprint density at radius 1 is 1.29 bits per heavy atom. The summed E-state index contributed by atoms with van der Waals surface area (Å²) in [5.74, 6) is -0.896. The maximum Gasteiger partial charge on any atom is 0.306 e. The van der Waals surface area contributed by atoms with Crippen LogP contribution in [-0.2, 0) is 19.1 Å². The molecular formula is C16H24O5. The third kappa shape index (κ3) is 2.52. The first kappa shape index (κ1) is 16.1. The lowest BCUT2D eigenvalue weighted by Gasteiger charge is -2.54. The third-order valence-corrected chi connectivity index (χ3v) is 5.39. The third-order valence-electron chi connectivity index (χ3n) is 5.39. The van der Waals surface area contributed by atoms with Gasteiger partial charge in [0.25, 0.3) is 0 Å². The highest BCUT2D eigenvalue weighted by atomic mass is 16.5. The summed E-state index contributed by atoms with van der Waals surface area (Å²) in [6.45, 7) is 5.51. The van der Waals surface area contributed by atoms with Crippen LogP contribution in [0.5, 0.6) is 0 Å². The van der Waals surface area contributed by atoms with Gasteiger partial charge in [-0.2, -0.15) is 0 Å². The van der Waals surface area contributed by atoms with Crippen LogP contribution in [0.3, 0.4) is 0 Å². The molecule has 4 atom stereocenters. The second-order valence-corrected chi connectivity index (χ2v) is 6.75. The van der Waals surface area contributed by atoms with E-state index in [-0.39, 0.29) is 31.0 Å². The van der Waals surface area contributed by atoms with Crippen LogP contribution in [-0.4, -0.2) is 35.4 Å². The van der Waals surface area contributed by atoms with Crippen molar-refractivity contribution in [3.05, 3.63) is 0 Å². The maximum atomic E-state index is 12.5. The molecule has 118 valence electrons. The second kappa shape index (κ2) is 5.52. The van der Waals surface area contributed by atoms with Crippen LogP contribution in [0.4, 0.5) is 0 Å². The van der Waals surface area contributed by atoms with Crippen molar-refractivity contribution in [2.24, 2.45) is 16.7 Å². The van der Waals surface area contributed by atoms with Gasteiger partial charge in [-0.1, -0.05) is 13.8 Å².